The van der Waals surface area contributed by atoms with Crippen molar-refractivity contribution in [3.05, 3.63) is 65.7 Å². The van der Waals surface area contributed by atoms with Gasteiger partial charge in [-0.05, 0) is 42.5 Å². The number of methoxy groups -OCH3 is 1. The van der Waals surface area contributed by atoms with Crippen LogP contribution < -0.4 is 4.74 Å². The summed E-state index contributed by atoms with van der Waals surface area (Å²) in [7, 11) is 1.71. The summed E-state index contributed by atoms with van der Waals surface area (Å²) < 4.78 is 5.22. The van der Waals surface area contributed by atoms with Gasteiger partial charge in [-0.15, -0.1) is 0 Å². The van der Waals surface area contributed by atoms with Gasteiger partial charge < -0.3 is 4.74 Å². The molecule has 0 amide bonds. The van der Waals surface area contributed by atoms with E-state index in [-0.39, 0.29) is 0 Å². The Kier molecular flexibility index (Phi) is 4.20. The van der Waals surface area contributed by atoms with E-state index >= 15 is 0 Å². The van der Waals surface area contributed by atoms with Crippen LogP contribution in [0.3, 0.4) is 0 Å². The molecule has 88 valence electrons. The number of ether oxygens (including phenoxy) is 1. The highest BCUT2D eigenvalue weighted by atomic mass is 16.5. The van der Waals surface area contributed by atoms with Crippen LogP contribution in [0.15, 0.2) is 54.6 Å². The van der Waals surface area contributed by atoms with Crippen molar-refractivity contribution in [2.24, 2.45) is 0 Å². The van der Waals surface area contributed by atoms with Gasteiger partial charge in [0.05, 0.1) is 7.11 Å². The zero-order valence-corrected chi connectivity index (χ0v) is 10.2. The molecule has 0 aliphatic carbocycles. The molecule has 0 aliphatic heterocycles. The minimum Gasteiger partial charge on any atom is -0.497 e. The summed E-state index contributed by atoms with van der Waals surface area (Å²) in [4.78, 5) is 0. The van der Waals surface area contributed by atoms with Gasteiger partial charge in [-0.25, -0.2) is 0 Å². The summed E-state index contributed by atoms with van der Waals surface area (Å²) >= 11 is 0. The SMILES string of the molecule is COc1cccc(CCCc2ccccc2)c1. The fraction of sp³-hybridized carbons (Fsp3) is 0.250. The van der Waals surface area contributed by atoms with Gasteiger partial charge in [0.2, 0.25) is 0 Å². The number of rotatable bonds is 5. The van der Waals surface area contributed by atoms with Gasteiger partial charge in [-0.2, -0.15) is 0 Å². The molecule has 2 aromatic rings. The second kappa shape index (κ2) is 6.09. The Labute approximate surface area is 103 Å². The molecule has 17 heavy (non-hydrogen) atoms. The average molecular weight is 226 g/mol. The van der Waals surface area contributed by atoms with Crippen molar-refractivity contribution < 1.29 is 4.74 Å². The van der Waals surface area contributed by atoms with E-state index in [1.165, 1.54) is 17.5 Å². The first-order valence-corrected chi connectivity index (χ1v) is 6.05. The van der Waals surface area contributed by atoms with Crippen molar-refractivity contribution in [2.75, 3.05) is 7.11 Å². The van der Waals surface area contributed by atoms with Crippen molar-refractivity contribution in [3.8, 4) is 5.75 Å². The molecule has 0 saturated carbocycles. The predicted octanol–water partition coefficient (Wildman–Crippen LogP) is 3.87. The van der Waals surface area contributed by atoms with Crippen molar-refractivity contribution in [1.82, 2.24) is 0 Å². The highest BCUT2D eigenvalue weighted by molar-refractivity contribution is 5.28. The van der Waals surface area contributed by atoms with Crippen molar-refractivity contribution >= 4 is 0 Å². The van der Waals surface area contributed by atoms with E-state index in [1.807, 2.05) is 6.07 Å². The van der Waals surface area contributed by atoms with E-state index in [0.29, 0.717) is 0 Å². The highest BCUT2D eigenvalue weighted by Crippen LogP contribution is 2.15. The zero-order chi connectivity index (χ0) is 11.9. The molecule has 1 heteroatoms. The van der Waals surface area contributed by atoms with Crippen LogP contribution in [0.5, 0.6) is 5.75 Å². The minimum absolute atomic E-state index is 0.946. The monoisotopic (exact) mass is 226 g/mol. The molecule has 0 aliphatic rings. The lowest BCUT2D eigenvalue weighted by Crippen LogP contribution is -1.91. The Hall–Kier alpha value is -1.76. The highest BCUT2D eigenvalue weighted by Gasteiger charge is 1.97. The molecule has 0 aromatic heterocycles. The Bertz CT molecular complexity index is 448. The molecular formula is C16H18O. The first-order chi connectivity index (χ1) is 8.38. The summed E-state index contributed by atoms with van der Waals surface area (Å²) in [5.74, 6) is 0.946. The van der Waals surface area contributed by atoms with Crippen molar-refractivity contribution in [2.45, 2.75) is 19.3 Å². The lowest BCUT2D eigenvalue weighted by Gasteiger charge is -2.04. The van der Waals surface area contributed by atoms with Gasteiger partial charge in [0.15, 0.2) is 0 Å². The van der Waals surface area contributed by atoms with Crippen LogP contribution in [0.1, 0.15) is 17.5 Å². The summed E-state index contributed by atoms with van der Waals surface area (Å²) in [5, 5.41) is 0. The maximum Gasteiger partial charge on any atom is 0.119 e. The molecule has 2 aromatic carbocycles. The van der Waals surface area contributed by atoms with Crippen LogP contribution >= 0.6 is 0 Å². The van der Waals surface area contributed by atoms with Gasteiger partial charge >= 0.3 is 0 Å². The molecule has 0 bridgehead atoms. The first kappa shape index (κ1) is 11.7. The third-order valence-electron chi connectivity index (χ3n) is 2.91. The van der Waals surface area contributed by atoms with E-state index in [1.54, 1.807) is 7.11 Å². The molecule has 0 saturated heterocycles. The first-order valence-electron chi connectivity index (χ1n) is 6.05. The molecule has 0 fully saturated rings. The Morgan fingerprint density at radius 3 is 2.29 bits per heavy atom. The number of benzene rings is 2. The third kappa shape index (κ3) is 3.63. The normalized spacial score (nSPS) is 10.2. The minimum atomic E-state index is 0.946. The third-order valence-corrected chi connectivity index (χ3v) is 2.91. The van der Waals surface area contributed by atoms with Crippen molar-refractivity contribution in [3.63, 3.8) is 0 Å². The smallest absolute Gasteiger partial charge is 0.119 e. The lowest BCUT2D eigenvalue weighted by atomic mass is 10.0. The van der Waals surface area contributed by atoms with Crippen LogP contribution in [0.25, 0.3) is 0 Å². The summed E-state index contributed by atoms with van der Waals surface area (Å²) in [6, 6.07) is 18.9. The van der Waals surface area contributed by atoms with Crippen LogP contribution in [0, 0.1) is 0 Å². The van der Waals surface area contributed by atoms with Gasteiger partial charge in [0.25, 0.3) is 0 Å². The quantitative estimate of drug-likeness (QED) is 0.752. The Morgan fingerprint density at radius 2 is 1.53 bits per heavy atom. The Morgan fingerprint density at radius 1 is 0.824 bits per heavy atom. The second-order valence-electron chi connectivity index (χ2n) is 4.19. The fourth-order valence-electron chi connectivity index (χ4n) is 1.97. The van der Waals surface area contributed by atoms with Crippen LogP contribution in [0.4, 0.5) is 0 Å². The molecule has 0 heterocycles. The Balaban J connectivity index is 1.86. The van der Waals surface area contributed by atoms with E-state index in [0.717, 1.165) is 18.6 Å². The van der Waals surface area contributed by atoms with Crippen molar-refractivity contribution in [1.29, 1.82) is 0 Å². The summed E-state index contributed by atoms with van der Waals surface area (Å²) in [6.45, 7) is 0. The predicted molar refractivity (Wildman–Crippen MR) is 71.5 cm³/mol. The van der Waals surface area contributed by atoms with Gasteiger partial charge in [-0.1, -0.05) is 42.5 Å². The van der Waals surface area contributed by atoms with E-state index < -0.39 is 0 Å². The average Bonchev–Trinajstić information content (AvgIpc) is 2.40. The standard InChI is InChI=1S/C16H18O/c1-17-16-12-6-11-15(13-16)10-5-9-14-7-3-2-4-8-14/h2-4,6-8,11-13H,5,9-10H2,1H3. The molecule has 0 unspecified atom stereocenters. The molecule has 0 spiro atoms. The van der Waals surface area contributed by atoms with E-state index in [9.17, 15) is 0 Å². The van der Waals surface area contributed by atoms with Crippen LogP contribution in [0.2, 0.25) is 0 Å². The number of hydrogen-bond donors (Lipinski definition) is 0. The van der Waals surface area contributed by atoms with Gasteiger partial charge in [0, 0.05) is 0 Å². The van der Waals surface area contributed by atoms with E-state index in [2.05, 4.69) is 48.5 Å². The molecule has 0 atom stereocenters. The summed E-state index contributed by atoms with van der Waals surface area (Å²) in [5.41, 5.74) is 2.76. The van der Waals surface area contributed by atoms with E-state index in [4.69, 9.17) is 4.74 Å². The largest absolute Gasteiger partial charge is 0.497 e. The number of hydrogen-bond acceptors (Lipinski definition) is 1. The molecule has 2 rings (SSSR count). The number of aryl methyl sites for hydroxylation is 2. The van der Waals surface area contributed by atoms with Gasteiger partial charge in [0.1, 0.15) is 5.75 Å². The lowest BCUT2D eigenvalue weighted by molar-refractivity contribution is 0.414. The van der Waals surface area contributed by atoms with Gasteiger partial charge in [-0.3, -0.25) is 0 Å². The summed E-state index contributed by atoms with van der Waals surface area (Å²) in [6.07, 6.45) is 3.42. The van der Waals surface area contributed by atoms with Crippen LogP contribution in [-0.4, -0.2) is 7.11 Å². The maximum atomic E-state index is 5.22. The topological polar surface area (TPSA) is 9.23 Å². The molecule has 1 nitrogen and oxygen atoms in total. The molecule has 0 radical (unpaired) electrons. The van der Waals surface area contributed by atoms with Crippen LogP contribution in [-0.2, 0) is 12.8 Å². The molecule has 0 N–H and O–H groups in total. The fourth-order valence-corrected chi connectivity index (χ4v) is 1.97. The zero-order valence-electron chi connectivity index (χ0n) is 10.2. The molecular weight excluding hydrogens is 208 g/mol. The second-order valence-corrected chi connectivity index (χ2v) is 4.19. The maximum absolute atomic E-state index is 5.22.